The Bertz CT molecular complexity index is 1180. The minimum atomic E-state index is -0.638. The first kappa shape index (κ1) is 23.8. The molecule has 6 heteroatoms. The van der Waals surface area contributed by atoms with Crippen LogP contribution in [0.3, 0.4) is 0 Å². The first-order valence-electron chi connectivity index (χ1n) is 12.6. The fourth-order valence-electron chi connectivity index (χ4n) is 5.47. The Morgan fingerprint density at radius 3 is 1.97 bits per heavy atom. The normalized spacial score (nSPS) is 19.7. The number of fused-ring (bicyclic) bond motifs is 1. The van der Waals surface area contributed by atoms with Crippen molar-refractivity contribution < 1.29 is 14.4 Å². The van der Waals surface area contributed by atoms with Gasteiger partial charge in [0.2, 0.25) is 17.7 Å². The molecule has 0 radical (unpaired) electrons. The smallest absolute Gasteiger partial charge is 0.245 e. The third kappa shape index (κ3) is 4.63. The van der Waals surface area contributed by atoms with Crippen LogP contribution in [0.15, 0.2) is 91.0 Å². The lowest BCUT2D eigenvalue weighted by molar-refractivity contribution is -0.155. The minimum Gasteiger partial charge on any atom is -0.336 e. The zero-order valence-electron chi connectivity index (χ0n) is 20.5. The Morgan fingerprint density at radius 2 is 1.42 bits per heavy atom. The Hall–Kier alpha value is -3.93. The third-order valence-electron chi connectivity index (χ3n) is 7.29. The van der Waals surface area contributed by atoms with Gasteiger partial charge in [0.15, 0.2) is 0 Å². The van der Waals surface area contributed by atoms with Crippen LogP contribution in [0, 0.1) is 0 Å². The summed E-state index contributed by atoms with van der Waals surface area (Å²) in [6.45, 7) is 2.64. The van der Waals surface area contributed by atoms with Crippen molar-refractivity contribution in [2.24, 2.45) is 0 Å². The van der Waals surface area contributed by atoms with Crippen LogP contribution in [0.2, 0.25) is 0 Å². The number of amides is 3. The van der Waals surface area contributed by atoms with E-state index in [0.29, 0.717) is 25.9 Å². The molecule has 3 aromatic carbocycles. The van der Waals surface area contributed by atoms with Crippen LogP contribution >= 0.6 is 0 Å². The number of nitrogens with zero attached hydrogens (tertiary/aromatic N) is 3. The Balaban J connectivity index is 1.51. The highest BCUT2D eigenvalue weighted by Gasteiger charge is 2.51. The molecular weight excluding hydrogens is 450 g/mol. The van der Waals surface area contributed by atoms with Gasteiger partial charge >= 0.3 is 0 Å². The van der Waals surface area contributed by atoms with Crippen LogP contribution < -0.4 is 0 Å². The van der Waals surface area contributed by atoms with Crippen molar-refractivity contribution in [3.63, 3.8) is 0 Å². The van der Waals surface area contributed by atoms with Crippen LogP contribution in [-0.2, 0) is 20.8 Å². The number of hydrogen-bond acceptors (Lipinski definition) is 3. The lowest BCUT2D eigenvalue weighted by Crippen LogP contribution is -2.64. The maximum atomic E-state index is 14.0. The lowest BCUT2D eigenvalue weighted by Gasteiger charge is -2.45. The van der Waals surface area contributed by atoms with Crippen molar-refractivity contribution in [2.75, 3.05) is 19.6 Å². The maximum absolute atomic E-state index is 14.0. The van der Waals surface area contributed by atoms with Crippen molar-refractivity contribution in [1.29, 1.82) is 0 Å². The molecule has 2 heterocycles. The monoisotopic (exact) mass is 481 g/mol. The second-order valence-electron chi connectivity index (χ2n) is 9.48. The van der Waals surface area contributed by atoms with E-state index in [2.05, 4.69) is 24.3 Å². The summed E-state index contributed by atoms with van der Waals surface area (Å²) in [6, 6.07) is 29.5. The fraction of sp³-hybridized carbons (Fsp3) is 0.300. The predicted molar refractivity (Wildman–Crippen MR) is 138 cm³/mol. The molecule has 2 aliphatic heterocycles. The van der Waals surface area contributed by atoms with E-state index in [1.807, 2.05) is 78.6 Å². The topological polar surface area (TPSA) is 60.9 Å². The highest BCUT2D eigenvalue weighted by atomic mass is 16.2. The summed E-state index contributed by atoms with van der Waals surface area (Å²) in [5.41, 5.74) is 3.25. The Morgan fingerprint density at radius 1 is 0.861 bits per heavy atom. The molecule has 6 nitrogen and oxygen atoms in total. The van der Waals surface area contributed by atoms with Gasteiger partial charge in [-0.2, -0.15) is 0 Å². The van der Waals surface area contributed by atoms with E-state index in [4.69, 9.17) is 0 Å². The summed E-state index contributed by atoms with van der Waals surface area (Å²) < 4.78 is 0. The van der Waals surface area contributed by atoms with Crippen LogP contribution in [0.25, 0.3) is 0 Å². The predicted octanol–water partition coefficient (Wildman–Crippen LogP) is 3.68. The molecule has 2 atom stereocenters. The molecule has 2 aliphatic rings. The van der Waals surface area contributed by atoms with Gasteiger partial charge < -0.3 is 14.7 Å². The van der Waals surface area contributed by atoms with Gasteiger partial charge in [0.1, 0.15) is 18.8 Å². The number of carbonyl (C=O) groups is 3. The van der Waals surface area contributed by atoms with Gasteiger partial charge in [-0.25, -0.2) is 0 Å². The standard InChI is InChI=1S/C30H31N3O3/c1-2-28(34)32-21-29(35)33-26(18-22-12-6-3-7-13-22)30(36)31(20-27(32)33)19-25(23-14-8-4-9-15-23)24-16-10-5-11-17-24/h3-17,25-27H,2,18-21H2,1H3. The summed E-state index contributed by atoms with van der Waals surface area (Å²) in [5.74, 6) is -0.302. The molecular formula is C30H31N3O3. The molecule has 3 aromatic rings. The van der Waals surface area contributed by atoms with E-state index >= 15 is 0 Å². The quantitative estimate of drug-likeness (QED) is 0.517. The molecule has 184 valence electrons. The molecule has 36 heavy (non-hydrogen) atoms. The van der Waals surface area contributed by atoms with E-state index in [9.17, 15) is 14.4 Å². The zero-order valence-corrected chi connectivity index (χ0v) is 20.5. The van der Waals surface area contributed by atoms with Crippen LogP contribution in [0.4, 0.5) is 0 Å². The SMILES string of the molecule is CCC(=O)N1CC(=O)N2C(Cc3ccccc3)C(=O)N(CC(c3ccccc3)c3ccccc3)CC12. The van der Waals surface area contributed by atoms with E-state index in [0.717, 1.165) is 16.7 Å². The molecule has 0 aliphatic carbocycles. The summed E-state index contributed by atoms with van der Waals surface area (Å²) in [6.07, 6.45) is 0.308. The molecule has 5 rings (SSSR count). The van der Waals surface area contributed by atoms with Gasteiger partial charge in [-0.05, 0) is 16.7 Å². The van der Waals surface area contributed by atoms with Crippen molar-refractivity contribution in [3.05, 3.63) is 108 Å². The van der Waals surface area contributed by atoms with Crippen molar-refractivity contribution in [1.82, 2.24) is 14.7 Å². The van der Waals surface area contributed by atoms with Gasteiger partial charge in [-0.3, -0.25) is 14.4 Å². The number of piperazine rings is 1. The van der Waals surface area contributed by atoms with Gasteiger partial charge in [0.05, 0.1) is 6.54 Å². The van der Waals surface area contributed by atoms with Crippen LogP contribution in [0.1, 0.15) is 36.0 Å². The molecule has 0 spiro atoms. The highest BCUT2D eigenvalue weighted by Crippen LogP contribution is 2.32. The molecule has 0 aromatic heterocycles. The average Bonchev–Trinajstić information content (AvgIpc) is 3.26. The summed E-state index contributed by atoms with van der Waals surface area (Å²) >= 11 is 0. The number of benzene rings is 3. The van der Waals surface area contributed by atoms with Crippen LogP contribution in [-0.4, -0.2) is 64.3 Å². The van der Waals surface area contributed by atoms with Crippen molar-refractivity contribution in [2.45, 2.75) is 37.9 Å². The number of rotatable bonds is 7. The highest BCUT2D eigenvalue weighted by molar-refractivity contribution is 5.94. The first-order chi connectivity index (χ1) is 17.6. The lowest BCUT2D eigenvalue weighted by atomic mass is 9.90. The molecule has 2 unspecified atom stereocenters. The Labute approximate surface area is 212 Å². The van der Waals surface area contributed by atoms with Gasteiger partial charge in [-0.15, -0.1) is 0 Å². The summed E-state index contributed by atoms with van der Waals surface area (Å²) in [4.78, 5) is 45.1. The maximum Gasteiger partial charge on any atom is 0.245 e. The molecule has 0 saturated carbocycles. The van der Waals surface area contributed by atoms with E-state index < -0.39 is 12.2 Å². The van der Waals surface area contributed by atoms with Crippen molar-refractivity contribution >= 4 is 17.7 Å². The van der Waals surface area contributed by atoms with Crippen LogP contribution in [0.5, 0.6) is 0 Å². The second-order valence-corrected chi connectivity index (χ2v) is 9.48. The molecule has 2 saturated heterocycles. The average molecular weight is 482 g/mol. The number of hydrogen-bond donors (Lipinski definition) is 0. The second kappa shape index (κ2) is 10.4. The van der Waals surface area contributed by atoms with E-state index in [1.54, 1.807) is 9.80 Å². The molecule has 3 amide bonds. The van der Waals surface area contributed by atoms with Gasteiger partial charge in [0.25, 0.3) is 0 Å². The van der Waals surface area contributed by atoms with E-state index in [-0.39, 0.29) is 30.2 Å². The largest absolute Gasteiger partial charge is 0.336 e. The Kier molecular flexibility index (Phi) is 6.85. The van der Waals surface area contributed by atoms with E-state index in [1.165, 1.54) is 0 Å². The minimum absolute atomic E-state index is 0.0206. The molecule has 0 bridgehead atoms. The van der Waals surface area contributed by atoms with Crippen molar-refractivity contribution in [3.8, 4) is 0 Å². The van der Waals surface area contributed by atoms with Gasteiger partial charge in [-0.1, -0.05) is 97.9 Å². The fourth-order valence-corrected chi connectivity index (χ4v) is 5.47. The summed E-state index contributed by atoms with van der Waals surface area (Å²) in [5, 5.41) is 0. The van der Waals surface area contributed by atoms with Gasteiger partial charge in [0, 0.05) is 25.3 Å². The third-order valence-corrected chi connectivity index (χ3v) is 7.29. The number of carbonyl (C=O) groups excluding carboxylic acids is 3. The zero-order chi connectivity index (χ0) is 25.1. The summed E-state index contributed by atoms with van der Waals surface area (Å²) in [7, 11) is 0. The first-order valence-corrected chi connectivity index (χ1v) is 12.6. The molecule has 0 N–H and O–H groups in total. The molecule has 2 fully saturated rings.